The first kappa shape index (κ1) is 20.7. The third kappa shape index (κ3) is 4.48. The molecule has 1 atom stereocenters. The SMILES string of the molecule is Cc1ccccc1-c1ccc(N2CCC(Oc3ccc(C(F)(F)F)cn3)C2)c(C#N)c1. The zero-order valence-electron chi connectivity index (χ0n) is 16.9. The minimum absolute atomic E-state index is 0.162. The number of nitrogens with zero attached hydrogens (tertiary/aromatic N) is 3. The van der Waals surface area contributed by atoms with Gasteiger partial charge in [-0.05, 0) is 41.8 Å². The number of rotatable bonds is 4. The van der Waals surface area contributed by atoms with Crippen molar-refractivity contribution in [2.24, 2.45) is 0 Å². The summed E-state index contributed by atoms with van der Waals surface area (Å²) in [5.41, 5.74) is 3.81. The summed E-state index contributed by atoms with van der Waals surface area (Å²) in [7, 11) is 0. The van der Waals surface area contributed by atoms with E-state index in [4.69, 9.17) is 4.74 Å². The van der Waals surface area contributed by atoms with Crippen LogP contribution in [-0.2, 0) is 6.18 Å². The van der Waals surface area contributed by atoms with Crippen molar-refractivity contribution in [2.45, 2.75) is 25.6 Å². The van der Waals surface area contributed by atoms with E-state index >= 15 is 0 Å². The van der Waals surface area contributed by atoms with Crippen molar-refractivity contribution in [1.29, 1.82) is 5.26 Å². The van der Waals surface area contributed by atoms with Gasteiger partial charge in [0.1, 0.15) is 12.2 Å². The molecule has 1 fully saturated rings. The lowest BCUT2D eigenvalue weighted by molar-refractivity contribution is -0.137. The van der Waals surface area contributed by atoms with Crippen LogP contribution in [0, 0.1) is 18.3 Å². The van der Waals surface area contributed by atoms with Crippen LogP contribution in [0.15, 0.2) is 60.8 Å². The van der Waals surface area contributed by atoms with Gasteiger partial charge in [0.25, 0.3) is 0 Å². The Kier molecular flexibility index (Phi) is 5.55. The second kappa shape index (κ2) is 8.31. The normalized spacial score (nSPS) is 16.2. The summed E-state index contributed by atoms with van der Waals surface area (Å²) in [5, 5.41) is 9.70. The predicted molar refractivity (Wildman–Crippen MR) is 112 cm³/mol. The van der Waals surface area contributed by atoms with Crippen LogP contribution in [-0.4, -0.2) is 24.2 Å². The van der Waals surface area contributed by atoms with Crippen LogP contribution in [0.3, 0.4) is 0 Å². The molecule has 0 spiro atoms. The fraction of sp³-hybridized carbons (Fsp3) is 0.250. The van der Waals surface area contributed by atoms with Crippen LogP contribution in [0.25, 0.3) is 11.1 Å². The molecule has 1 aliphatic rings. The van der Waals surface area contributed by atoms with E-state index < -0.39 is 11.7 Å². The minimum Gasteiger partial charge on any atom is -0.472 e. The van der Waals surface area contributed by atoms with Crippen LogP contribution in [0.1, 0.15) is 23.1 Å². The Hall–Kier alpha value is -3.53. The monoisotopic (exact) mass is 423 g/mol. The highest BCUT2D eigenvalue weighted by Crippen LogP contribution is 2.32. The highest BCUT2D eigenvalue weighted by molar-refractivity contribution is 5.73. The molecular weight excluding hydrogens is 403 g/mol. The number of anilines is 1. The molecule has 0 bridgehead atoms. The average molecular weight is 423 g/mol. The Labute approximate surface area is 178 Å². The van der Waals surface area contributed by atoms with Crippen LogP contribution in [0.5, 0.6) is 5.88 Å². The topological polar surface area (TPSA) is 49.1 Å². The molecule has 0 amide bonds. The number of halogens is 3. The van der Waals surface area contributed by atoms with Crippen molar-refractivity contribution in [3.8, 4) is 23.1 Å². The van der Waals surface area contributed by atoms with Gasteiger partial charge in [-0.25, -0.2) is 4.98 Å². The van der Waals surface area contributed by atoms with Gasteiger partial charge in [0.05, 0.1) is 23.4 Å². The molecule has 1 unspecified atom stereocenters. The van der Waals surface area contributed by atoms with Gasteiger partial charge >= 0.3 is 6.18 Å². The van der Waals surface area contributed by atoms with E-state index in [-0.39, 0.29) is 12.0 Å². The van der Waals surface area contributed by atoms with E-state index in [2.05, 4.69) is 16.0 Å². The van der Waals surface area contributed by atoms with Crippen molar-refractivity contribution in [2.75, 3.05) is 18.0 Å². The summed E-state index contributed by atoms with van der Waals surface area (Å²) < 4.78 is 43.8. The third-order valence-corrected chi connectivity index (χ3v) is 5.41. The molecule has 0 aliphatic carbocycles. The number of alkyl halides is 3. The fourth-order valence-corrected chi connectivity index (χ4v) is 3.80. The highest BCUT2D eigenvalue weighted by atomic mass is 19.4. The molecule has 1 aliphatic heterocycles. The molecule has 4 nitrogen and oxygen atoms in total. The first-order valence-electron chi connectivity index (χ1n) is 9.90. The molecular formula is C24H20F3N3O. The Balaban J connectivity index is 1.48. The molecule has 1 aromatic heterocycles. The minimum atomic E-state index is -4.42. The average Bonchev–Trinajstić information content (AvgIpc) is 3.21. The molecule has 1 saturated heterocycles. The van der Waals surface area contributed by atoms with E-state index in [9.17, 15) is 18.4 Å². The van der Waals surface area contributed by atoms with E-state index in [0.717, 1.165) is 34.6 Å². The summed E-state index contributed by atoms with van der Waals surface area (Å²) in [5.74, 6) is 0.162. The van der Waals surface area contributed by atoms with Gasteiger partial charge in [-0.3, -0.25) is 0 Å². The third-order valence-electron chi connectivity index (χ3n) is 5.41. The zero-order chi connectivity index (χ0) is 22.0. The number of aryl methyl sites for hydroxylation is 1. The van der Waals surface area contributed by atoms with E-state index in [1.807, 2.05) is 49.4 Å². The Morgan fingerprint density at radius 2 is 1.94 bits per heavy atom. The quantitative estimate of drug-likeness (QED) is 0.548. The Morgan fingerprint density at radius 1 is 1.13 bits per heavy atom. The van der Waals surface area contributed by atoms with Crippen LogP contribution in [0.2, 0.25) is 0 Å². The number of aromatic nitrogens is 1. The number of hydrogen-bond donors (Lipinski definition) is 0. The molecule has 3 aromatic rings. The number of hydrogen-bond acceptors (Lipinski definition) is 4. The van der Waals surface area contributed by atoms with Crippen molar-refractivity contribution in [1.82, 2.24) is 4.98 Å². The maximum Gasteiger partial charge on any atom is 0.417 e. The number of benzene rings is 2. The van der Waals surface area contributed by atoms with Crippen LogP contribution < -0.4 is 9.64 Å². The van der Waals surface area contributed by atoms with E-state index in [1.165, 1.54) is 6.07 Å². The number of pyridine rings is 1. The lowest BCUT2D eigenvalue weighted by Gasteiger charge is -2.21. The summed E-state index contributed by atoms with van der Waals surface area (Å²) >= 11 is 0. The Morgan fingerprint density at radius 3 is 2.61 bits per heavy atom. The second-order valence-corrected chi connectivity index (χ2v) is 7.52. The summed E-state index contributed by atoms with van der Waals surface area (Å²) in [4.78, 5) is 5.84. The van der Waals surface area contributed by atoms with Gasteiger partial charge in [-0.1, -0.05) is 30.3 Å². The summed E-state index contributed by atoms with van der Waals surface area (Å²) in [6, 6.07) is 18.3. The Bertz CT molecular complexity index is 1120. The summed E-state index contributed by atoms with van der Waals surface area (Å²) in [6.45, 7) is 3.25. The molecule has 7 heteroatoms. The largest absolute Gasteiger partial charge is 0.472 e. The van der Waals surface area contributed by atoms with Gasteiger partial charge in [-0.15, -0.1) is 0 Å². The van der Waals surface area contributed by atoms with Crippen LogP contribution >= 0.6 is 0 Å². The smallest absolute Gasteiger partial charge is 0.417 e. The number of ether oxygens (including phenoxy) is 1. The maximum absolute atomic E-state index is 12.7. The standard InChI is InChI=1S/C24H20F3N3O/c1-16-4-2-3-5-21(16)17-6-8-22(18(12-17)13-28)30-11-10-20(15-30)31-23-9-7-19(14-29-23)24(25,26)27/h2-9,12,14,20H,10-11,15H2,1H3. The molecule has 158 valence electrons. The first-order valence-corrected chi connectivity index (χ1v) is 9.90. The first-order chi connectivity index (χ1) is 14.8. The molecule has 2 heterocycles. The summed E-state index contributed by atoms with van der Waals surface area (Å²) in [6.07, 6.45) is -3.17. The lowest BCUT2D eigenvalue weighted by atomic mass is 9.98. The molecule has 31 heavy (non-hydrogen) atoms. The van der Waals surface area contributed by atoms with Crippen molar-refractivity contribution in [3.63, 3.8) is 0 Å². The van der Waals surface area contributed by atoms with Crippen molar-refractivity contribution >= 4 is 5.69 Å². The number of nitriles is 1. The zero-order valence-corrected chi connectivity index (χ0v) is 16.9. The van der Waals surface area contributed by atoms with Crippen LogP contribution in [0.4, 0.5) is 18.9 Å². The lowest BCUT2D eigenvalue weighted by Crippen LogP contribution is -2.25. The van der Waals surface area contributed by atoms with E-state index in [1.54, 1.807) is 0 Å². The van der Waals surface area contributed by atoms with Gasteiger partial charge in [0.2, 0.25) is 5.88 Å². The molecule has 0 N–H and O–H groups in total. The highest BCUT2D eigenvalue weighted by Gasteiger charge is 2.31. The van der Waals surface area contributed by atoms with Gasteiger partial charge in [0.15, 0.2) is 0 Å². The molecule has 0 saturated carbocycles. The molecule has 2 aromatic carbocycles. The van der Waals surface area contributed by atoms with Gasteiger partial charge < -0.3 is 9.64 Å². The van der Waals surface area contributed by atoms with Crippen molar-refractivity contribution in [3.05, 3.63) is 77.5 Å². The fourth-order valence-electron chi connectivity index (χ4n) is 3.80. The predicted octanol–water partition coefficient (Wildman–Crippen LogP) is 5.61. The second-order valence-electron chi connectivity index (χ2n) is 7.52. The molecule has 4 rings (SSSR count). The van der Waals surface area contributed by atoms with Crippen molar-refractivity contribution < 1.29 is 17.9 Å². The van der Waals surface area contributed by atoms with E-state index in [0.29, 0.717) is 25.1 Å². The molecule has 0 radical (unpaired) electrons. The maximum atomic E-state index is 12.7. The van der Waals surface area contributed by atoms with Gasteiger partial charge in [0, 0.05) is 25.2 Å². The van der Waals surface area contributed by atoms with Gasteiger partial charge in [-0.2, -0.15) is 18.4 Å².